The van der Waals surface area contributed by atoms with Crippen LogP contribution in [0.5, 0.6) is 0 Å². The summed E-state index contributed by atoms with van der Waals surface area (Å²) >= 11 is 0. The molecular weight excluding hydrogens is 234 g/mol. The van der Waals surface area contributed by atoms with Crippen LogP contribution >= 0.6 is 0 Å². The van der Waals surface area contributed by atoms with Crippen molar-refractivity contribution in [3.05, 3.63) is 0 Å². The van der Waals surface area contributed by atoms with Gasteiger partial charge in [-0.3, -0.25) is 15.2 Å². The molecule has 0 aromatic heterocycles. The average Bonchev–Trinajstić information content (AvgIpc) is 2.43. The lowest BCUT2D eigenvalue weighted by Crippen LogP contribution is -2.44. The number of nitrogens with zero attached hydrogens (tertiary/aromatic N) is 2. The molecule has 0 amide bonds. The SMILES string of the molecule is CCCCCCN(CC)C(N)=[N+](C)CCCCCC. The molecule has 3 nitrogen and oxygen atoms in total. The summed E-state index contributed by atoms with van der Waals surface area (Å²) in [5.41, 5.74) is 6.27. The monoisotopic (exact) mass is 270 g/mol. The number of nitrogens with two attached hydrogens (primary N) is 1. The normalized spacial score (nSPS) is 12.4. The van der Waals surface area contributed by atoms with Crippen molar-refractivity contribution in [3.8, 4) is 0 Å². The van der Waals surface area contributed by atoms with E-state index in [1.165, 1.54) is 51.4 Å². The Morgan fingerprint density at radius 2 is 1.47 bits per heavy atom. The molecule has 0 saturated carbocycles. The average molecular weight is 270 g/mol. The third kappa shape index (κ3) is 8.90. The van der Waals surface area contributed by atoms with Crippen LogP contribution in [0.25, 0.3) is 0 Å². The van der Waals surface area contributed by atoms with Gasteiger partial charge in [0.1, 0.15) is 0 Å². The summed E-state index contributed by atoms with van der Waals surface area (Å²) < 4.78 is 2.22. The summed E-state index contributed by atoms with van der Waals surface area (Å²) in [5.74, 6) is 0.954. The quantitative estimate of drug-likeness (QED) is 0.270. The van der Waals surface area contributed by atoms with Gasteiger partial charge in [0.15, 0.2) is 0 Å². The Morgan fingerprint density at radius 1 is 0.895 bits per heavy atom. The lowest BCUT2D eigenvalue weighted by atomic mass is 10.2. The first-order valence-corrected chi connectivity index (χ1v) is 8.25. The minimum atomic E-state index is 0.954. The van der Waals surface area contributed by atoms with Gasteiger partial charge in [-0.1, -0.05) is 52.4 Å². The van der Waals surface area contributed by atoms with E-state index < -0.39 is 0 Å². The van der Waals surface area contributed by atoms with Gasteiger partial charge in [-0.2, -0.15) is 0 Å². The Balaban J connectivity index is 4.09. The zero-order valence-corrected chi connectivity index (χ0v) is 13.7. The third-order valence-corrected chi connectivity index (χ3v) is 3.73. The lowest BCUT2D eigenvalue weighted by molar-refractivity contribution is -0.504. The fourth-order valence-electron chi connectivity index (χ4n) is 2.30. The molecule has 0 heterocycles. The van der Waals surface area contributed by atoms with Crippen molar-refractivity contribution in [3.63, 3.8) is 0 Å². The predicted octanol–water partition coefficient (Wildman–Crippen LogP) is 3.43. The van der Waals surface area contributed by atoms with Crippen LogP contribution < -0.4 is 5.73 Å². The maximum atomic E-state index is 6.27. The molecule has 0 atom stereocenters. The maximum Gasteiger partial charge on any atom is 0.345 e. The van der Waals surface area contributed by atoms with E-state index in [1.807, 2.05) is 0 Å². The van der Waals surface area contributed by atoms with Crippen molar-refractivity contribution in [1.29, 1.82) is 0 Å². The maximum absolute atomic E-state index is 6.27. The van der Waals surface area contributed by atoms with Gasteiger partial charge in [0, 0.05) is 0 Å². The molecule has 0 saturated heterocycles. The van der Waals surface area contributed by atoms with Crippen LogP contribution in [0.1, 0.15) is 72.1 Å². The number of rotatable bonds is 11. The lowest BCUT2D eigenvalue weighted by Gasteiger charge is -2.18. The van der Waals surface area contributed by atoms with Gasteiger partial charge in [-0.15, -0.1) is 0 Å². The molecule has 0 fully saturated rings. The van der Waals surface area contributed by atoms with Crippen LogP contribution in [-0.4, -0.2) is 42.1 Å². The summed E-state index contributed by atoms with van der Waals surface area (Å²) in [6.45, 7) is 9.88. The molecule has 3 heteroatoms. The van der Waals surface area contributed by atoms with E-state index in [-0.39, 0.29) is 0 Å². The second-order valence-corrected chi connectivity index (χ2v) is 5.48. The predicted molar refractivity (Wildman–Crippen MR) is 85.8 cm³/mol. The topological polar surface area (TPSA) is 32.3 Å². The molecule has 0 bridgehead atoms. The summed E-state index contributed by atoms with van der Waals surface area (Å²) in [6.07, 6.45) is 10.4. The van der Waals surface area contributed by atoms with Crippen LogP contribution in [0.4, 0.5) is 0 Å². The first-order valence-electron chi connectivity index (χ1n) is 8.25. The summed E-state index contributed by atoms with van der Waals surface area (Å²) in [7, 11) is 2.12. The van der Waals surface area contributed by atoms with Crippen LogP contribution in [-0.2, 0) is 0 Å². The second-order valence-electron chi connectivity index (χ2n) is 5.48. The Hall–Kier alpha value is -0.730. The van der Waals surface area contributed by atoms with E-state index in [9.17, 15) is 0 Å². The van der Waals surface area contributed by atoms with Crippen molar-refractivity contribution in [2.45, 2.75) is 72.1 Å². The van der Waals surface area contributed by atoms with E-state index in [2.05, 4.69) is 37.3 Å². The summed E-state index contributed by atoms with van der Waals surface area (Å²) in [5, 5.41) is 0. The molecule has 0 aliphatic heterocycles. The Morgan fingerprint density at radius 3 is 2.00 bits per heavy atom. The molecule has 19 heavy (non-hydrogen) atoms. The number of guanidine groups is 1. The summed E-state index contributed by atoms with van der Waals surface area (Å²) in [4.78, 5) is 2.31. The molecule has 0 spiro atoms. The fraction of sp³-hybridized carbons (Fsp3) is 0.938. The Kier molecular flexibility index (Phi) is 11.8. The van der Waals surface area contributed by atoms with Crippen molar-refractivity contribution >= 4 is 5.96 Å². The molecule has 0 radical (unpaired) electrons. The van der Waals surface area contributed by atoms with Gasteiger partial charge in [0.25, 0.3) is 0 Å². The molecular formula is C16H36N3+. The zero-order chi connectivity index (χ0) is 14.5. The van der Waals surface area contributed by atoms with E-state index in [4.69, 9.17) is 5.73 Å². The highest BCUT2D eigenvalue weighted by Crippen LogP contribution is 2.02. The molecule has 0 aromatic carbocycles. The van der Waals surface area contributed by atoms with Gasteiger partial charge in [-0.05, 0) is 19.8 Å². The largest absolute Gasteiger partial charge is 0.345 e. The molecule has 114 valence electrons. The molecule has 0 aliphatic rings. The minimum Gasteiger partial charge on any atom is -0.291 e. The molecule has 0 aromatic rings. The fourth-order valence-corrected chi connectivity index (χ4v) is 2.30. The second kappa shape index (κ2) is 12.3. The van der Waals surface area contributed by atoms with Crippen LogP contribution in [0, 0.1) is 0 Å². The van der Waals surface area contributed by atoms with E-state index in [0.717, 1.165) is 25.6 Å². The first-order chi connectivity index (χ1) is 9.17. The van der Waals surface area contributed by atoms with Crippen LogP contribution in [0.2, 0.25) is 0 Å². The van der Waals surface area contributed by atoms with Crippen molar-refractivity contribution in [1.82, 2.24) is 4.90 Å². The smallest absolute Gasteiger partial charge is 0.291 e. The molecule has 0 rings (SSSR count). The van der Waals surface area contributed by atoms with Gasteiger partial charge in [0.05, 0.1) is 26.7 Å². The number of hydrogen-bond acceptors (Lipinski definition) is 0. The molecule has 0 unspecified atom stereocenters. The third-order valence-electron chi connectivity index (χ3n) is 3.73. The van der Waals surface area contributed by atoms with Gasteiger partial charge >= 0.3 is 5.96 Å². The number of hydrogen-bond donors (Lipinski definition) is 1. The Bertz CT molecular complexity index is 236. The standard InChI is InChI=1S/C16H35N3/c1-5-8-10-12-14-18(4)16(17)19(7-3)15-13-11-9-6-2/h17H,5-15H2,1-4H3/p+1. The first kappa shape index (κ1) is 18.3. The van der Waals surface area contributed by atoms with Gasteiger partial charge in [-0.25, -0.2) is 0 Å². The van der Waals surface area contributed by atoms with Crippen LogP contribution in [0.3, 0.4) is 0 Å². The Labute approximate surface area is 120 Å². The highest BCUT2D eigenvalue weighted by atomic mass is 15.3. The van der Waals surface area contributed by atoms with Gasteiger partial charge < -0.3 is 0 Å². The van der Waals surface area contributed by atoms with E-state index in [0.29, 0.717) is 0 Å². The minimum absolute atomic E-state index is 0.954. The number of unbranched alkanes of at least 4 members (excludes halogenated alkanes) is 6. The zero-order valence-electron chi connectivity index (χ0n) is 13.7. The molecule has 0 aliphatic carbocycles. The van der Waals surface area contributed by atoms with Crippen molar-refractivity contribution in [2.24, 2.45) is 5.73 Å². The van der Waals surface area contributed by atoms with Crippen molar-refractivity contribution < 1.29 is 4.58 Å². The van der Waals surface area contributed by atoms with E-state index >= 15 is 0 Å². The summed E-state index contributed by atoms with van der Waals surface area (Å²) in [6, 6.07) is 0. The van der Waals surface area contributed by atoms with Gasteiger partial charge in [0.2, 0.25) is 0 Å². The van der Waals surface area contributed by atoms with Crippen LogP contribution in [0.15, 0.2) is 0 Å². The van der Waals surface area contributed by atoms with Crippen molar-refractivity contribution in [2.75, 3.05) is 26.7 Å². The highest BCUT2D eigenvalue weighted by Gasteiger charge is 2.14. The molecule has 2 N–H and O–H groups in total. The van der Waals surface area contributed by atoms with E-state index in [1.54, 1.807) is 0 Å². The highest BCUT2D eigenvalue weighted by molar-refractivity contribution is 5.72.